The molecule has 0 N–H and O–H groups in total. The van der Waals surface area contributed by atoms with Crippen molar-refractivity contribution in [3.05, 3.63) is 182 Å². The quantitative estimate of drug-likeness (QED) is 0.179. The van der Waals surface area contributed by atoms with E-state index in [-0.39, 0.29) is 0 Å². The van der Waals surface area contributed by atoms with Gasteiger partial charge in [0.2, 0.25) is 5.89 Å². The largest absolute Gasteiger partial charge is 0.456 e. The fourth-order valence-electron chi connectivity index (χ4n) is 7.13. The number of fused-ring (bicyclic) bond motifs is 6. The summed E-state index contributed by atoms with van der Waals surface area (Å²) in [6.45, 7) is 0. The van der Waals surface area contributed by atoms with E-state index in [1.54, 1.807) is 0 Å². The van der Waals surface area contributed by atoms with E-state index in [1.807, 2.05) is 48.5 Å². The highest BCUT2D eigenvalue weighted by molar-refractivity contribution is 6.17. The lowest BCUT2D eigenvalue weighted by molar-refractivity contribution is 0.622. The number of furan rings is 1. The minimum Gasteiger partial charge on any atom is -0.456 e. The van der Waals surface area contributed by atoms with Crippen LogP contribution in [-0.2, 0) is 0 Å². The van der Waals surface area contributed by atoms with Crippen LogP contribution >= 0.6 is 0 Å². The molecule has 0 aliphatic carbocycles. The monoisotopic (exact) mass is 654 g/mol. The lowest BCUT2D eigenvalue weighted by Crippen LogP contribution is -2.09. The van der Waals surface area contributed by atoms with Gasteiger partial charge in [0.25, 0.3) is 0 Å². The van der Waals surface area contributed by atoms with Gasteiger partial charge in [-0.2, -0.15) is 0 Å². The van der Waals surface area contributed by atoms with Gasteiger partial charge in [0.05, 0.1) is 5.39 Å². The van der Waals surface area contributed by atoms with Crippen LogP contribution in [-0.4, -0.2) is 4.98 Å². The van der Waals surface area contributed by atoms with Crippen LogP contribution in [0.3, 0.4) is 0 Å². The van der Waals surface area contributed by atoms with Crippen molar-refractivity contribution >= 4 is 60.9 Å². The molecule has 10 rings (SSSR count). The van der Waals surface area contributed by atoms with Gasteiger partial charge in [-0.25, -0.2) is 4.98 Å². The highest BCUT2D eigenvalue weighted by atomic mass is 16.4. The maximum Gasteiger partial charge on any atom is 0.227 e. The van der Waals surface area contributed by atoms with Crippen molar-refractivity contribution in [2.45, 2.75) is 0 Å². The second kappa shape index (κ2) is 11.9. The molecular weight excluding hydrogens is 625 g/mol. The average molecular weight is 655 g/mol. The van der Waals surface area contributed by atoms with Gasteiger partial charge in [0, 0.05) is 34.1 Å². The number of aromatic nitrogens is 1. The van der Waals surface area contributed by atoms with Crippen LogP contribution in [0.2, 0.25) is 0 Å². The summed E-state index contributed by atoms with van der Waals surface area (Å²) in [6.07, 6.45) is 0. The third-order valence-electron chi connectivity index (χ3n) is 9.69. The van der Waals surface area contributed by atoms with Crippen molar-refractivity contribution in [1.29, 1.82) is 0 Å². The molecule has 10 aromatic rings. The highest BCUT2D eigenvalue weighted by Gasteiger charge is 2.19. The zero-order valence-corrected chi connectivity index (χ0v) is 27.5. The Morgan fingerprint density at radius 1 is 0.392 bits per heavy atom. The van der Waals surface area contributed by atoms with E-state index in [9.17, 15) is 0 Å². The molecule has 0 spiro atoms. The minimum absolute atomic E-state index is 0.598. The van der Waals surface area contributed by atoms with E-state index in [0.717, 1.165) is 55.7 Å². The Labute approximate surface area is 294 Å². The Kier molecular flexibility index (Phi) is 6.78. The van der Waals surface area contributed by atoms with Crippen molar-refractivity contribution < 1.29 is 8.83 Å². The summed E-state index contributed by atoms with van der Waals surface area (Å²) in [5, 5.41) is 4.39. The van der Waals surface area contributed by atoms with Crippen molar-refractivity contribution in [2.75, 3.05) is 4.90 Å². The predicted octanol–water partition coefficient (Wildman–Crippen LogP) is 13.4. The SMILES string of the molecule is c1ccc(-c2ccc(N(c3ccc(-c4ccc5ccccc5c4)cc3)c3ccc4c(c3)oc3ccc5nc(-c6ccccc6)oc5c34)cc2)cc1. The van der Waals surface area contributed by atoms with Crippen molar-refractivity contribution in [3.63, 3.8) is 0 Å². The Bertz CT molecular complexity index is 2840. The van der Waals surface area contributed by atoms with Crippen LogP contribution in [0.25, 0.3) is 77.5 Å². The maximum absolute atomic E-state index is 6.51. The van der Waals surface area contributed by atoms with Gasteiger partial charge in [-0.1, -0.05) is 109 Å². The third-order valence-corrected chi connectivity index (χ3v) is 9.69. The topological polar surface area (TPSA) is 42.4 Å². The minimum atomic E-state index is 0.598. The molecule has 2 aromatic heterocycles. The highest BCUT2D eigenvalue weighted by Crippen LogP contribution is 2.42. The second-order valence-electron chi connectivity index (χ2n) is 12.8. The van der Waals surface area contributed by atoms with Crippen LogP contribution in [0.1, 0.15) is 0 Å². The summed E-state index contributed by atoms with van der Waals surface area (Å²) in [4.78, 5) is 7.08. The van der Waals surface area contributed by atoms with Crippen LogP contribution < -0.4 is 4.90 Å². The molecule has 0 saturated heterocycles. The van der Waals surface area contributed by atoms with E-state index < -0.39 is 0 Å². The predicted molar refractivity (Wildman–Crippen MR) is 210 cm³/mol. The first-order valence-electron chi connectivity index (χ1n) is 17.1. The average Bonchev–Trinajstić information content (AvgIpc) is 3.81. The van der Waals surface area contributed by atoms with Crippen LogP contribution in [0.4, 0.5) is 17.1 Å². The molecule has 51 heavy (non-hydrogen) atoms. The van der Waals surface area contributed by atoms with Crippen molar-refractivity contribution in [1.82, 2.24) is 4.98 Å². The maximum atomic E-state index is 6.51. The Morgan fingerprint density at radius 2 is 0.980 bits per heavy atom. The molecule has 0 fully saturated rings. The Morgan fingerprint density at radius 3 is 1.71 bits per heavy atom. The fraction of sp³-hybridized carbons (Fsp3) is 0. The smallest absolute Gasteiger partial charge is 0.227 e. The normalized spacial score (nSPS) is 11.5. The van der Waals surface area contributed by atoms with Gasteiger partial charge >= 0.3 is 0 Å². The van der Waals surface area contributed by atoms with Crippen molar-refractivity contribution in [3.8, 4) is 33.7 Å². The van der Waals surface area contributed by atoms with Gasteiger partial charge in [0.15, 0.2) is 5.58 Å². The third kappa shape index (κ3) is 5.13. The first-order valence-corrected chi connectivity index (χ1v) is 17.1. The summed E-state index contributed by atoms with van der Waals surface area (Å²) >= 11 is 0. The molecule has 0 atom stereocenters. The molecule has 4 nitrogen and oxygen atoms in total. The molecule has 0 unspecified atom stereocenters. The van der Waals surface area contributed by atoms with E-state index in [1.165, 1.54) is 33.0 Å². The van der Waals surface area contributed by atoms with E-state index in [2.05, 4.69) is 138 Å². The second-order valence-corrected chi connectivity index (χ2v) is 12.8. The van der Waals surface area contributed by atoms with Crippen LogP contribution in [0.15, 0.2) is 191 Å². The van der Waals surface area contributed by atoms with Crippen molar-refractivity contribution in [2.24, 2.45) is 0 Å². The molecule has 0 amide bonds. The molecule has 240 valence electrons. The standard InChI is InChI=1S/C47H30N2O2/c1-3-9-31(10-4-1)33-17-21-38(22-18-33)49(39-23-19-34(20-24-39)37-16-15-32-11-7-8-14-36(32)29-37)40-25-26-41-44(30-40)50-43-28-27-42-46(45(41)43)51-47(48-42)35-12-5-2-6-13-35/h1-30H. The Hall–Kier alpha value is -6.91. The molecule has 0 radical (unpaired) electrons. The lowest BCUT2D eigenvalue weighted by Gasteiger charge is -2.26. The first kappa shape index (κ1) is 29.0. The lowest BCUT2D eigenvalue weighted by atomic mass is 10.0. The van der Waals surface area contributed by atoms with Crippen LogP contribution in [0.5, 0.6) is 0 Å². The summed E-state index contributed by atoms with van der Waals surface area (Å²) in [5.41, 5.74) is 11.8. The van der Waals surface area contributed by atoms with Gasteiger partial charge < -0.3 is 13.7 Å². The van der Waals surface area contributed by atoms with Gasteiger partial charge in [-0.05, 0) is 99.8 Å². The number of rotatable bonds is 6. The van der Waals surface area contributed by atoms with E-state index in [0.29, 0.717) is 5.89 Å². The number of hydrogen-bond donors (Lipinski definition) is 0. The molecule has 0 bridgehead atoms. The Balaban J connectivity index is 1.08. The summed E-state index contributed by atoms with van der Waals surface area (Å²) in [5.74, 6) is 0.598. The van der Waals surface area contributed by atoms with Crippen LogP contribution in [0, 0.1) is 0 Å². The molecule has 4 heteroatoms. The summed E-state index contributed by atoms with van der Waals surface area (Å²) < 4.78 is 12.9. The van der Waals surface area contributed by atoms with Gasteiger partial charge in [-0.3, -0.25) is 0 Å². The fourth-order valence-corrected chi connectivity index (χ4v) is 7.13. The summed E-state index contributed by atoms with van der Waals surface area (Å²) in [6, 6.07) is 63.5. The molecule has 0 aliphatic rings. The molecular formula is C47H30N2O2. The molecule has 0 saturated carbocycles. The molecule has 8 aromatic carbocycles. The number of benzene rings is 8. The van der Waals surface area contributed by atoms with Gasteiger partial charge in [-0.15, -0.1) is 0 Å². The molecule has 2 heterocycles. The first-order chi connectivity index (χ1) is 25.2. The summed E-state index contributed by atoms with van der Waals surface area (Å²) in [7, 11) is 0. The zero-order chi connectivity index (χ0) is 33.7. The molecule has 0 aliphatic heterocycles. The number of anilines is 3. The van der Waals surface area contributed by atoms with E-state index in [4.69, 9.17) is 13.8 Å². The van der Waals surface area contributed by atoms with E-state index >= 15 is 0 Å². The zero-order valence-electron chi connectivity index (χ0n) is 27.5. The number of oxazole rings is 1. The number of hydrogen-bond acceptors (Lipinski definition) is 4. The van der Waals surface area contributed by atoms with Gasteiger partial charge in [0.1, 0.15) is 16.7 Å². The number of nitrogens with zero attached hydrogens (tertiary/aromatic N) is 2.